The number of fused-ring (bicyclic) bond motifs is 2. The van der Waals surface area contributed by atoms with Gasteiger partial charge >= 0.3 is 0 Å². The van der Waals surface area contributed by atoms with Gasteiger partial charge in [-0.3, -0.25) is 0 Å². The minimum atomic E-state index is -0.446. The molecule has 8 nitrogen and oxygen atoms in total. The molecule has 1 fully saturated rings. The van der Waals surface area contributed by atoms with Gasteiger partial charge in [0.2, 0.25) is 0 Å². The van der Waals surface area contributed by atoms with Crippen LogP contribution in [0.15, 0.2) is 47.3 Å². The molecule has 1 saturated carbocycles. The number of nitrogens with one attached hydrogen (secondary N) is 1. The maximum Gasteiger partial charge on any atom is 0.300 e. The van der Waals surface area contributed by atoms with Crippen LogP contribution in [-0.4, -0.2) is 19.5 Å². The van der Waals surface area contributed by atoms with Crippen LogP contribution in [0.2, 0.25) is 0 Å². The molecule has 0 bridgehead atoms. The quantitative estimate of drug-likeness (QED) is 0.289. The molecule has 3 N–H and O–H groups in total. The Labute approximate surface area is 213 Å². The van der Waals surface area contributed by atoms with E-state index in [0.717, 1.165) is 53.5 Å². The van der Waals surface area contributed by atoms with Crippen molar-refractivity contribution in [2.24, 2.45) is 5.92 Å². The highest BCUT2D eigenvalue weighted by Crippen LogP contribution is 2.40. The van der Waals surface area contributed by atoms with Crippen LogP contribution in [-0.2, 0) is 0 Å². The number of hydrogen-bond donors (Lipinski definition) is 2. The minimum absolute atomic E-state index is 0.0977. The van der Waals surface area contributed by atoms with E-state index in [9.17, 15) is 5.26 Å². The SMILES string of the molecule is Cc1cc(C)c2oc(Nc3ccc(-c4cn(C5CCC(C#N)CC5)c5ncnc(N)c45)cc3F)nc2c1. The first-order chi connectivity index (χ1) is 17.9. The number of aryl methyl sites for hydroxylation is 2. The molecule has 9 heteroatoms. The summed E-state index contributed by atoms with van der Waals surface area (Å²) in [7, 11) is 0. The highest BCUT2D eigenvalue weighted by atomic mass is 19.1. The molecule has 0 aliphatic heterocycles. The number of nitrogens with two attached hydrogens (primary N) is 1. The maximum atomic E-state index is 15.3. The van der Waals surface area contributed by atoms with Crippen molar-refractivity contribution in [3.63, 3.8) is 0 Å². The summed E-state index contributed by atoms with van der Waals surface area (Å²) in [6.45, 7) is 3.96. The fraction of sp³-hybridized carbons (Fsp3) is 0.286. The van der Waals surface area contributed by atoms with E-state index in [4.69, 9.17) is 10.2 Å². The maximum absolute atomic E-state index is 15.3. The highest BCUT2D eigenvalue weighted by molar-refractivity contribution is 6.00. The topological polar surface area (TPSA) is 119 Å². The molecule has 3 heterocycles. The molecule has 186 valence electrons. The number of anilines is 3. The number of halogens is 1. The van der Waals surface area contributed by atoms with Crippen LogP contribution < -0.4 is 11.1 Å². The molecule has 0 radical (unpaired) electrons. The molecule has 2 aromatic carbocycles. The van der Waals surface area contributed by atoms with E-state index in [1.54, 1.807) is 6.07 Å². The van der Waals surface area contributed by atoms with Crippen molar-refractivity contribution in [3.05, 3.63) is 59.8 Å². The first-order valence-electron chi connectivity index (χ1n) is 12.4. The van der Waals surface area contributed by atoms with Crippen molar-refractivity contribution in [1.29, 1.82) is 5.26 Å². The van der Waals surface area contributed by atoms with Crippen LogP contribution in [0, 0.1) is 36.9 Å². The average Bonchev–Trinajstić information content (AvgIpc) is 3.48. The molecule has 5 aromatic rings. The second-order valence-electron chi connectivity index (χ2n) is 9.81. The van der Waals surface area contributed by atoms with Crippen molar-refractivity contribution < 1.29 is 8.81 Å². The number of nitrogen functional groups attached to an aromatic ring is 1. The molecule has 6 rings (SSSR count). The lowest BCUT2D eigenvalue weighted by Gasteiger charge is -2.26. The van der Waals surface area contributed by atoms with E-state index < -0.39 is 5.82 Å². The number of hydrogen-bond acceptors (Lipinski definition) is 7. The molecular formula is C28H26FN7O. The third-order valence-electron chi connectivity index (χ3n) is 7.25. The van der Waals surface area contributed by atoms with Crippen LogP contribution in [0.1, 0.15) is 42.9 Å². The third-order valence-corrected chi connectivity index (χ3v) is 7.25. The number of rotatable bonds is 4. The Morgan fingerprint density at radius 3 is 2.70 bits per heavy atom. The van der Waals surface area contributed by atoms with Crippen LogP contribution in [0.25, 0.3) is 33.3 Å². The number of aromatic nitrogens is 4. The zero-order valence-electron chi connectivity index (χ0n) is 20.6. The van der Waals surface area contributed by atoms with Gasteiger partial charge in [0.15, 0.2) is 5.58 Å². The first kappa shape index (κ1) is 23.0. The van der Waals surface area contributed by atoms with Crippen molar-refractivity contribution >= 4 is 39.7 Å². The number of oxazole rings is 1. The van der Waals surface area contributed by atoms with Gasteiger partial charge in [-0.25, -0.2) is 14.4 Å². The van der Waals surface area contributed by atoms with Crippen molar-refractivity contribution in [2.75, 3.05) is 11.1 Å². The number of nitriles is 1. The molecule has 1 aliphatic rings. The Bertz CT molecular complexity index is 1690. The predicted molar refractivity (Wildman–Crippen MR) is 141 cm³/mol. The van der Waals surface area contributed by atoms with Crippen LogP contribution in [0.5, 0.6) is 0 Å². The minimum Gasteiger partial charge on any atom is -0.423 e. The lowest BCUT2D eigenvalue weighted by Crippen LogP contribution is -2.17. The molecule has 37 heavy (non-hydrogen) atoms. The summed E-state index contributed by atoms with van der Waals surface area (Å²) in [4.78, 5) is 13.2. The van der Waals surface area contributed by atoms with E-state index in [-0.39, 0.29) is 23.7 Å². The Morgan fingerprint density at radius 2 is 1.95 bits per heavy atom. The average molecular weight is 496 g/mol. The van der Waals surface area contributed by atoms with Gasteiger partial charge in [-0.1, -0.05) is 12.1 Å². The summed E-state index contributed by atoms with van der Waals surface area (Å²) >= 11 is 0. The van der Waals surface area contributed by atoms with E-state index in [2.05, 4.69) is 30.9 Å². The Hall–Kier alpha value is -4.45. The molecule has 0 spiro atoms. The molecule has 0 saturated heterocycles. The smallest absolute Gasteiger partial charge is 0.300 e. The van der Waals surface area contributed by atoms with Crippen LogP contribution in [0.3, 0.4) is 0 Å². The largest absolute Gasteiger partial charge is 0.423 e. The van der Waals surface area contributed by atoms with Crippen LogP contribution in [0.4, 0.5) is 21.9 Å². The van der Waals surface area contributed by atoms with E-state index in [1.807, 2.05) is 38.2 Å². The lowest BCUT2D eigenvalue weighted by molar-refractivity contribution is 0.318. The molecule has 0 amide bonds. The zero-order valence-corrected chi connectivity index (χ0v) is 20.6. The first-order valence-corrected chi connectivity index (χ1v) is 12.4. The van der Waals surface area contributed by atoms with E-state index >= 15 is 4.39 Å². The van der Waals surface area contributed by atoms with Gasteiger partial charge in [-0.2, -0.15) is 10.2 Å². The standard InChI is InChI=1S/C28H26FN7O/c1-15-9-16(2)25-23(10-15)35-28(37-25)34-22-8-5-18(11-21(22)29)20-13-36(19-6-3-17(12-30)4-7-19)27-24(20)26(31)32-14-33-27/h5,8-11,13-14,17,19H,3-4,6-7H2,1-2H3,(H,34,35)(H2,31,32,33). The highest BCUT2D eigenvalue weighted by Gasteiger charge is 2.26. The lowest BCUT2D eigenvalue weighted by atomic mass is 9.87. The fourth-order valence-electron chi connectivity index (χ4n) is 5.42. The Kier molecular flexibility index (Phi) is 5.52. The third kappa shape index (κ3) is 4.04. The van der Waals surface area contributed by atoms with Crippen molar-refractivity contribution in [1.82, 2.24) is 19.5 Å². The van der Waals surface area contributed by atoms with Crippen LogP contribution >= 0.6 is 0 Å². The van der Waals surface area contributed by atoms with Gasteiger partial charge in [0.25, 0.3) is 6.01 Å². The van der Waals surface area contributed by atoms with E-state index in [1.165, 1.54) is 12.4 Å². The van der Waals surface area contributed by atoms with Gasteiger partial charge < -0.3 is 20.0 Å². The summed E-state index contributed by atoms with van der Waals surface area (Å²) in [5.74, 6) is 0.00304. The summed E-state index contributed by atoms with van der Waals surface area (Å²) in [6, 6.07) is 11.7. The van der Waals surface area contributed by atoms with Gasteiger partial charge in [0.05, 0.1) is 17.1 Å². The molecule has 1 aliphatic carbocycles. The number of benzene rings is 2. The predicted octanol–water partition coefficient (Wildman–Crippen LogP) is 6.58. The van der Waals surface area contributed by atoms with Gasteiger partial charge in [-0.15, -0.1) is 0 Å². The summed E-state index contributed by atoms with van der Waals surface area (Å²) in [5, 5.41) is 12.9. The summed E-state index contributed by atoms with van der Waals surface area (Å²) < 4.78 is 23.3. The molecule has 3 aromatic heterocycles. The fourth-order valence-corrected chi connectivity index (χ4v) is 5.42. The second kappa shape index (κ2) is 8.89. The van der Waals surface area contributed by atoms with Crippen molar-refractivity contribution in [3.8, 4) is 17.2 Å². The van der Waals surface area contributed by atoms with Crippen molar-refractivity contribution in [2.45, 2.75) is 45.6 Å². The van der Waals surface area contributed by atoms with Gasteiger partial charge in [0, 0.05) is 23.7 Å². The molecule has 0 atom stereocenters. The second-order valence-corrected chi connectivity index (χ2v) is 9.81. The normalized spacial score (nSPS) is 17.8. The molecular weight excluding hydrogens is 469 g/mol. The Morgan fingerprint density at radius 1 is 1.14 bits per heavy atom. The zero-order chi connectivity index (χ0) is 25.7. The Balaban J connectivity index is 1.35. The summed E-state index contributed by atoms with van der Waals surface area (Å²) in [5.41, 5.74) is 12.2. The number of nitrogens with zero attached hydrogens (tertiary/aromatic N) is 5. The van der Waals surface area contributed by atoms with Gasteiger partial charge in [0.1, 0.15) is 29.1 Å². The molecule has 0 unspecified atom stereocenters. The summed E-state index contributed by atoms with van der Waals surface area (Å²) in [6.07, 6.45) is 6.90. The van der Waals surface area contributed by atoms with E-state index in [0.29, 0.717) is 22.4 Å². The monoisotopic (exact) mass is 495 g/mol. The van der Waals surface area contributed by atoms with Gasteiger partial charge in [-0.05, 0) is 74.4 Å².